The average Bonchev–Trinajstić information content (AvgIpc) is 2.57. The molecule has 0 aliphatic carbocycles. The number of Topliss-reactive ketones (excluding diaryl/α,β-unsaturated/α-hetero) is 1. The minimum absolute atomic E-state index is 0.0422. The van der Waals surface area contributed by atoms with Gasteiger partial charge in [0, 0.05) is 12.0 Å². The predicted molar refractivity (Wildman–Crippen MR) is 86.7 cm³/mol. The molecule has 1 saturated heterocycles. The van der Waals surface area contributed by atoms with Crippen LogP contribution in [0.3, 0.4) is 0 Å². The predicted octanol–water partition coefficient (Wildman–Crippen LogP) is -0.257. The number of aliphatic hydroxyl groups excluding tert-OH is 4. The van der Waals surface area contributed by atoms with Crippen molar-refractivity contribution in [2.75, 3.05) is 6.61 Å². The molecule has 1 aromatic rings. The molecule has 25 heavy (non-hydrogen) atoms. The molecule has 8 nitrogen and oxygen atoms in total. The zero-order valence-corrected chi connectivity index (χ0v) is 14.6. The molecular formula is C15H18Cl2O8. The maximum Gasteiger partial charge on any atom is 0.187 e. The second kappa shape index (κ2) is 7.34. The zero-order chi connectivity index (χ0) is 19.1. The fourth-order valence-electron chi connectivity index (χ4n) is 2.70. The van der Waals surface area contributed by atoms with Crippen molar-refractivity contribution in [3.05, 3.63) is 27.2 Å². The van der Waals surface area contributed by atoms with Gasteiger partial charge in [-0.05, 0) is 18.6 Å². The SMILES string of the molecule is Cc1c(C(=O)C[C@]2(O)[C@@H](O)O[C@H](CO)[C@@H](O)[C@@H]2O)cc(Cl)c(O)c1Cl. The number of benzene rings is 1. The molecule has 2 rings (SSSR count). The minimum Gasteiger partial charge on any atom is -0.505 e. The number of halogens is 2. The summed E-state index contributed by atoms with van der Waals surface area (Å²) in [6.45, 7) is 0.734. The van der Waals surface area contributed by atoms with Gasteiger partial charge in [-0.2, -0.15) is 0 Å². The lowest BCUT2D eigenvalue weighted by Crippen LogP contribution is -2.67. The van der Waals surface area contributed by atoms with E-state index in [1.54, 1.807) is 0 Å². The van der Waals surface area contributed by atoms with E-state index in [1.807, 2.05) is 0 Å². The minimum atomic E-state index is -2.52. The largest absolute Gasteiger partial charge is 0.505 e. The van der Waals surface area contributed by atoms with E-state index in [4.69, 9.17) is 33.0 Å². The summed E-state index contributed by atoms with van der Waals surface area (Å²) in [5, 5.41) is 58.8. The van der Waals surface area contributed by atoms with Gasteiger partial charge in [-0.3, -0.25) is 4.79 Å². The summed E-state index contributed by atoms with van der Waals surface area (Å²) in [4.78, 5) is 12.5. The first-order valence-electron chi connectivity index (χ1n) is 7.28. The van der Waals surface area contributed by atoms with Crippen molar-refractivity contribution >= 4 is 29.0 Å². The Morgan fingerprint density at radius 1 is 1.32 bits per heavy atom. The van der Waals surface area contributed by atoms with Gasteiger partial charge in [0.05, 0.1) is 16.7 Å². The standard InChI is InChI=1S/C15H18Cl2O8/c1-5-6(2-7(16)11(20)10(5)17)8(19)3-15(24)13(22)12(21)9(4-18)25-14(15)23/h2,9,12-14,18,20-24H,3-4H2,1H3/t9-,12-,13+,14+,15-/m1/s1. The van der Waals surface area contributed by atoms with Crippen molar-refractivity contribution in [2.45, 2.75) is 43.5 Å². The summed E-state index contributed by atoms with van der Waals surface area (Å²) in [6.07, 6.45) is -7.86. The summed E-state index contributed by atoms with van der Waals surface area (Å²) in [6, 6.07) is 1.14. The van der Waals surface area contributed by atoms with Crippen molar-refractivity contribution in [1.29, 1.82) is 0 Å². The van der Waals surface area contributed by atoms with Crippen LogP contribution in [0.1, 0.15) is 22.3 Å². The van der Waals surface area contributed by atoms with Gasteiger partial charge in [-0.25, -0.2) is 0 Å². The second-order valence-electron chi connectivity index (χ2n) is 5.93. The fraction of sp³-hybridized carbons (Fsp3) is 0.533. The van der Waals surface area contributed by atoms with Gasteiger partial charge in [-0.1, -0.05) is 23.2 Å². The first-order valence-corrected chi connectivity index (χ1v) is 8.03. The van der Waals surface area contributed by atoms with Crippen LogP contribution in [0.15, 0.2) is 6.07 Å². The third-order valence-electron chi connectivity index (χ3n) is 4.31. The molecule has 1 fully saturated rings. The highest BCUT2D eigenvalue weighted by Gasteiger charge is 2.55. The molecule has 10 heteroatoms. The zero-order valence-electron chi connectivity index (χ0n) is 13.1. The van der Waals surface area contributed by atoms with Crippen molar-refractivity contribution in [2.24, 2.45) is 0 Å². The van der Waals surface area contributed by atoms with E-state index >= 15 is 0 Å². The van der Waals surface area contributed by atoms with E-state index in [-0.39, 0.29) is 21.2 Å². The molecule has 6 N–H and O–H groups in total. The average molecular weight is 397 g/mol. The van der Waals surface area contributed by atoms with Crippen LogP contribution in [0.5, 0.6) is 5.75 Å². The molecule has 0 bridgehead atoms. The highest BCUT2D eigenvalue weighted by Crippen LogP contribution is 2.38. The molecular weight excluding hydrogens is 379 g/mol. The van der Waals surface area contributed by atoms with E-state index < -0.39 is 54.8 Å². The monoisotopic (exact) mass is 396 g/mol. The molecule has 1 aromatic carbocycles. The Bertz CT molecular complexity index is 682. The van der Waals surface area contributed by atoms with Crippen LogP contribution in [0.2, 0.25) is 10.0 Å². The van der Waals surface area contributed by atoms with E-state index in [2.05, 4.69) is 0 Å². The number of ether oxygens (including phenoxy) is 1. The van der Waals surface area contributed by atoms with Gasteiger partial charge in [0.1, 0.15) is 18.3 Å². The molecule has 140 valence electrons. The van der Waals surface area contributed by atoms with Crippen LogP contribution in [0.4, 0.5) is 0 Å². The number of phenols is 1. The number of hydrogen-bond acceptors (Lipinski definition) is 8. The summed E-state index contributed by atoms with van der Waals surface area (Å²) in [5.74, 6) is -1.17. The molecule has 0 aromatic heterocycles. The topological polar surface area (TPSA) is 148 Å². The lowest BCUT2D eigenvalue weighted by molar-refractivity contribution is -0.327. The maximum atomic E-state index is 12.5. The Morgan fingerprint density at radius 2 is 1.92 bits per heavy atom. The molecule has 0 saturated carbocycles. The first kappa shape index (κ1) is 20.3. The lowest BCUT2D eigenvalue weighted by Gasteiger charge is -2.45. The smallest absolute Gasteiger partial charge is 0.187 e. The Balaban J connectivity index is 2.34. The van der Waals surface area contributed by atoms with Gasteiger partial charge in [0.15, 0.2) is 23.4 Å². The van der Waals surface area contributed by atoms with Gasteiger partial charge in [0.25, 0.3) is 0 Å². The van der Waals surface area contributed by atoms with Crippen molar-refractivity contribution in [3.8, 4) is 5.75 Å². The third kappa shape index (κ3) is 3.49. The van der Waals surface area contributed by atoms with Crippen LogP contribution in [-0.2, 0) is 4.74 Å². The number of ketones is 1. The summed E-state index contributed by atoms with van der Waals surface area (Å²) >= 11 is 11.7. The van der Waals surface area contributed by atoms with Gasteiger partial charge in [-0.15, -0.1) is 0 Å². The Labute approximate surface area is 152 Å². The number of carbonyl (C=O) groups excluding carboxylic acids is 1. The number of rotatable bonds is 4. The highest BCUT2D eigenvalue weighted by atomic mass is 35.5. The normalized spacial score (nSPS) is 32.6. The molecule has 1 aliphatic heterocycles. The Morgan fingerprint density at radius 3 is 2.48 bits per heavy atom. The quantitative estimate of drug-likeness (QED) is 0.381. The van der Waals surface area contributed by atoms with E-state index in [1.165, 1.54) is 6.92 Å². The van der Waals surface area contributed by atoms with E-state index in [0.717, 1.165) is 6.07 Å². The highest BCUT2D eigenvalue weighted by molar-refractivity contribution is 6.38. The van der Waals surface area contributed by atoms with Gasteiger partial charge >= 0.3 is 0 Å². The Kier molecular flexibility index (Phi) is 5.97. The molecule has 0 amide bonds. The lowest BCUT2D eigenvalue weighted by atomic mass is 9.81. The van der Waals surface area contributed by atoms with Crippen molar-refractivity contribution in [3.63, 3.8) is 0 Å². The molecule has 0 radical (unpaired) electrons. The van der Waals surface area contributed by atoms with E-state index in [9.17, 15) is 30.3 Å². The number of phenolic OH excluding ortho intramolecular Hbond substituents is 1. The fourth-order valence-corrected chi connectivity index (χ4v) is 3.15. The number of hydrogen-bond donors (Lipinski definition) is 6. The van der Waals surface area contributed by atoms with Crippen molar-refractivity contribution < 1.29 is 40.2 Å². The van der Waals surface area contributed by atoms with Crippen LogP contribution in [-0.4, -0.2) is 73.2 Å². The summed E-state index contributed by atoms with van der Waals surface area (Å²) in [5.41, 5.74) is -2.38. The number of aromatic hydroxyl groups is 1. The summed E-state index contributed by atoms with van der Waals surface area (Å²) in [7, 11) is 0. The third-order valence-corrected chi connectivity index (χ3v) is 5.06. The molecule has 1 heterocycles. The summed E-state index contributed by atoms with van der Waals surface area (Å²) < 4.78 is 4.87. The molecule has 0 spiro atoms. The van der Waals surface area contributed by atoms with Gasteiger partial charge < -0.3 is 35.4 Å². The number of aliphatic hydroxyl groups is 5. The van der Waals surface area contributed by atoms with Gasteiger partial charge in [0.2, 0.25) is 0 Å². The second-order valence-corrected chi connectivity index (χ2v) is 6.71. The maximum absolute atomic E-state index is 12.5. The van der Waals surface area contributed by atoms with Crippen LogP contribution < -0.4 is 0 Å². The van der Waals surface area contributed by atoms with Crippen LogP contribution in [0, 0.1) is 6.92 Å². The molecule has 0 unspecified atom stereocenters. The molecule has 1 aliphatic rings. The first-order chi connectivity index (χ1) is 11.5. The van der Waals surface area contributed by atoms with Crippen molar-refractivity contribution in [1.82, 2.24) is 0 Å². The number of carbonyl (C=O) groups is 1. The molecule has 5 atom stereocenters. The van der Waals surface area contributed by atoms with E-state index in [0.29, 0.717) is 0 Å². The van der Waals surface area contributed by atoms with Crippen LogP contribution >= 0.6 is 23.2 Å². The Hall–Kier alpha value is -0.970. The van der Waals surface area contributed by atoms with Crippen LogP contribution in [0.25, 0.3) is 0 Å².